The first-order chi connectivity index (χ1) is 12.0. The van der Waals surface area contributed by atoms with Gasteiger partial charge in [0.1, 0.15) is 0 Å². The molecule has 1 amide bonds. The van der Waals surface area contributed by atoms with Crippen LogP contribution in [0.2, 0.25) is 0 Å². The van der Waals surface area contributed by atoms with Crippen molar-refractivity contribution in [2.75, 3.05) is 6.61 Å². The van der Waals surface area contributed by atoms with Crippen LogP contribution in [0.25, 0.3) is 0 Å². The second-order valence-corrected chi connectivity index (χ2v) is 8.01. The van der Waals surface area contributed by atoms with Crippen molar-refractivity contribution >= 4 is 11.9 Å². The molecule has 4 aliphatic carbocycles. The zero-order chi connectivity index (χ0) is 17.4. The Bertz CT molecular complexity index is 697. The first-order valence-corrected chi connectivity index (χ1v) is 9.03. The summed E-state index contributed by atoms with van der Waals surface area (Å²) in [5.41, 5.74) is 0.768. The molecule has 4 saturated carbocycles. The highest BCUT2D eigenvalue weighted by atomic mass is 16.5. The maximum Gasteiger partial charge on any atom is 0.338 e. The minimum atomic E-state index is -0.537. The Kier molecular flexibility index (Phi) is 3.99. The quantitative estimate of drug-likeness (QED) is 0.856. The van der Waals surface area contributed by atoms with Gasteiger partial charge in [0.15, 0.2) is 6.61 Å². The van der Waals surface area contributed by atoms with E-state index in [0.29, 0.717) is 11.1 Å². The first kappa shape index (κ1) is 16.1. The molecule has 4 aliphatic rings. The minimum Gasteiger partial charge on any atom is -0.452 e. The fourth-order valence-corrected chi connectivity index (χ4v) is 5.49. The van der Waals surface area contributed by atoms with Crippen LogP contribution < -0.4 is 5.32 Å². The maximum absolute atomic E-state index is 12.3. The lowest BCUT2D eigenvalue weighted by molar-refractivity contribution is -0.130. The third-order valence-corrected chi connectivity index (χ3v) is 6.03. The standard InChI is InChI=1S/C20H22N2O3/c21-11-13-1-3-17(4-2-13)19(24)25-12-18(23)22-20-8-14-5-15(9-20)7-16(6-14)10-20/h1-4,14-16H,5-10,12H2,(H,22,23). The second kappa shape index (κ2) is 6.18. The molecule has 4 fully saturated rings. The summed E-state index contributed by atoms with van der Waals surface area (Å²) in [6.07, 6.45) is 7.20. The highest BCUT2D eigenvalue weighted by molar-refractivity contribution is 5.91. The lowest BCUT2D eigenvalue weighted by Crippen LogP contribution is -2.60. The molecule has 0 spiro atoms. The van der Waals surface area contributed by atoms with Crippen LogP contribution in [0, 0.1) is 29.1 Å². The topological polar surface area (TPSA) is 79.2 Å². The zero-order valence-corrected chi connectivity index (χ0v) is 14.2. The second-order valence-electron chi connectivity index (χ2n) is 8.01. The van der Waals surface area contributed by atoms with E-state index in [1.54, 1.807) is 12.1 Å². The van der Waals surface area contributed by atoms with Gasteiger partial charge < -0.3 is 10.1 Å². The van der Waals surface area contributed by atoms with Crippen molar-refractivity contribution in [1.82, 2.24) is 5.32 Å². The molecule has 0 unspecified atom stereocenters. The number of amides is 1. The summed E-state index contributed by atoms with van der Waals surface area (Å²) in [6, 6.07) is 8.20. The number of esters is 1. The summed E-state index contributed by atoms with van der Waals surface area (Å²) in [6.45, 7) is -0.249. The van der Waals surface area contributed by atoms with Gasteiger partial charge in [-0.2, -0.15) is 5.26 Å². The Morgan fingerprint density at radius 3 is 2.16 bits per heavy atom. The van der Waals surface area contributed by atoms with Crippen LogP contribution in [0.5, 0.6) is 0 Å². The van der Waals surface area contributed by atoms with Crippen LogP contribution >= 0.6 is 0 Å². The van der Waals surface area contributed by atoms with E-state index in [9.17, 15) is 9.59 Å². The predicted octanol–water partition coefficient (Wildman–Crippen LogP) is 2.80. The van der Waals surface area contributed by atoms with Gasteiger partial charge in [-0.1, -0.05) is 0 Å². The number of hydrogen-bond donors (Lipinski definition) is 1. The van der Waals surface area contributed by atoms with Crippen molar-refractivity contribution in [2.24, 2.45) is 17.8 Å². The van der Waals surface area contributed by atoms with Crippen LogP contribution in [0.4, 0.5) is 0 Å². The van der Waals surface area contributed by atoms with Gasteiger partial charge in [0.05, 0.1) is 17.2 Å². The van der Waals surface area contributed by atoms with Gasteiger partial charge in [0, 0.05) is 5.54 Å². The molecule has 0 aromatic heterocycles. The first-order valence-electron chi connectivity index (χ1n) is 9.03. The van der Waals surface area contributed by atoms with Crippen molar-refractivity contribution in [3.63, 3.8) is 0 Å². The molecular weight excluding hydrogens is 316 g/mol. The van der Waals surface area contributed by atoms with E-state index in [1.165, 1.54) is 31.4 Å². The molecule has 0 saturated heterocycles. The molecule has 1 aromatic carbocycles. The molecular formula is C20H22N2O3. The monoisotopic (exact) mass is 338 g/mol. The van der Waals surface area contributed by atoms with Gasteiger partial charge in [0.2, 0.25) is 0 Å². The van der Waals surface area contributed by atoms with E-state index >= 15 is 0 Å². The van der Waals surface area contributed by atoms with Gasteiger partial charge >= 0.3 is 5.97 Å². The number of nitrogens with one attached hydrogen (secondary N) is 1. The van der Waals surface area contributed by atoms with Crippen molar-refractivity contribution in [1.29, 1.82) is 5.26 Å². The summed E-state index contributed by atoms with van der Waals surface area (Å²) in [4.78, 5) is 24.4. The van der Waals surface area contributed by atoms with Gasteiger partial charge in [0.25, 0.3) is 5.91 Å². The summed E-state index contributed by atoms with van der Waals surface area (Å²) >= 11 is 0. The SMILES string of the molecule is N#Cc1ccc(C(=O)OCC(=O)NC23CC4CC(CC(C4)C2)C3)cc1. The summed E-state index contributed by atoms with van der Waals surface area (Å²) in [7, 11) is 0. The Balaban J connectivity index is 1.32. The molecule has 4 bridgehead atoms. The third kappa shape index (κ3) is 3.26. The number of rotatable bonds is 4. The largest absolute Gasteiger partial charge is 0.452 e. The number of carbonyl (C=O) groups excluding carboxylic acids is 2. The molecule has 0 radical (unpaired) electrons. The molecule has 0 atom stereocenters. The predicted molar refractivity (Wildman–Crippen MR) is 90.5 cm³/mol. The van der Waals surface area contributed by atoms with Gasteiger partial charge in [-0.15, -0.1) is 0 Å². The number of nitrogens with zero attached hydrogens (tertiary/aromatic N) is 1. The summed E-state index contributed by atoms with van der Waals surface area (Å²) in [5.74, 6) is 1.53. The molecule has 5 nitrogen and oxygen atoms in total. The average Bonchev–Trinajstić information content (AvgIpc) is 2.58. The normalized spacial score (nSPS) is 32.0. The molecule has 1 aromatic rings. The fraction of sp³-hybridized carbons (Fsp3) is 0.550. The summed E-state index contributed by atoms with van der Waals surface area (Å²) in [5, 5.41) is 12.0. The van der Waals surface area contributed by atoms with E-state index < -0.39 is 5.97 Å². The van der Waals surface area contributed by atoms with Crippen LogP contribution in [0.3, 0.4) is 0 Å². The molecule has 5 rings (SSSR count). The smallest absolute Gasteiger partial charge is 0.338 e. The maximum atomic E-state index is 12.3. The van der Waals surface area contributed by atoms with Gasteiger partial charge in [-0.25, -0.2) is 4.79 Å². The molecule has 0 aliphatic heterocycles. The van der Waals surface area contributed by atoms with E-state index in [4.69, 9.17) is 10.00 Å². The highest BCUT2D eigenvalue weighted by Gasteiger charge is 2.51. The molecule has 25 heavy (non-hydrogen) atoms. The van der Waals surface area contributed by atoms with Crippen molar-refractivity contribution in [3.8, 4) is 6.07 Å². The molecule has 5 heteroatoms. The van der Waals surface area contributed by atoms with Gasteiger partial charge in [-0.05, 0) is 80.5 Å². The van der Waals surface area contributed by atoms with E-state index in [1.807, 2.05) is 6.07 Å². The van der Waals surface area contributed by atoms with Crippen LogP contribution in [-0.2, 0) is 9.53 Å². The Morgan fingerprint density at radius 2 is 1.64 bits per heavy atom. The van der Waals surface area contributed by atoms with Crippen LogP contribution in [-0.4, -0.2) is 24.0 Å². The van der Waals surface area contributed by atoms with E-state index in [-0.39, 0.29) is 18.1 Å². The highest BCUT2D eigenvalue weighted by Crippen LogP contribution is 2.55. The molecule has 130 valence electrons. The van der Waals surface area contributed by atoms with E-state index in [0.717, 1.165) is 37.0 Å². The minimum absolute atomic E-state index is 0.0628. The van der Waals surface area contributed by atoms with Crippen molar-refractivity contribution in [3.05, 3.63) is 35.4 Å². The van der Waals surface area contributed by atoms with Crippen molar-refractivity contribution in [2.45, 2.75) is 44.1 Å². The molecule has 1 N–H and O–H groups in total. The lowest BCUT2D eigenvalue weighted by atomic mass is 9.53. The summed E-state index contributed by atoms with van der Waals surface area (Å²) < 4.78 is 5.14. The van der Waals surface area contributed by atoms with Crippen molar-refractivity contribution < 1.29 is 14.3 Å². The third-order valence-electron chi connectivity index (χ3n) is 6.03. The Labute approximate surface area is 147 Å². The number of benzene rings is 1. The number of nitriles is 1. The number of hydrogen-bond acceptors (Lipinski definition) is 4. The van der Waals surface area contributed by atoms with Gasteiger partial charge in [-0.3, -0.25) is 4.79 Å². The molecule has 0 heterocycles. The fourth-order valence-electron chi connectivity index (χ4n) is 5.49. The zero-order valence-electron chi connectivity index (χ0n) is 14.2. The number of carbonyl (C=O) groups is 2. The lowest BCUT2D eigenvalue weighted by Gasteiger charge is -2.56. The average molecular weight is 338 g/mol. The van der Waals surface area contributed by atoms with Crippen LogP contribution in [0.15, 0.2) is 24.3 Å². The number of ether oxygens (including phenoxy) is 1. The van der Waals surface area contributed by atoms with E-state index in [2.05, 4.69) is 5.32 Å². The van der Waals surface area contributed by atoms with Crippen LogP contribution in [0.1, 0.15) is 54.4 Å². The Morgan fingerprint density at radius 1 is 1.08 bits per heavy atom. The Hall–Kier alpha value is -2.35.